The summed E-state index contributed by atoms with van der Waals surface area (Å²) in [5.41, 5.74) is 0.758. The first-order valence-electron chi connectivity index (χ1n) is 7.25. The topological polar surface area (TPSA) is 49.7 Å². The summed E-state index contributed by atoms with van der Waals surface area (Å²) in [4.78, 5) is 19.5. The van der Waals surface area contributed by atoms with Crippen molar-refractivity contribution in [3.8, 4) is 0 Å². The van der Waals surface area contributed by atoms with E-state index in [-0.39, 0.29) is 6.03 Å². The molecule has 0 atom stereocenters. The third-order valence-electron chi connectivity index (χ3n) is 3.70. The molecule has 2 aromatic rings. The molecule has 0 spiro atoms. The molecule has 0 unspecified atom stereocenters. The maximum absolute atomic E-state index is 12.3. The molecule has 0 radical (unpaired) electrons. The Morgan fingerprint density at radius 3 is 2.41 bits per heavy atom. The molecule has 22 heavy (non-hydrogen) atoms. The van der Waals surface area contributed by atoms with Crippen LogP contribution < -0.4 is 15.2 Å². The second-order valence-corrected chi connectivity index (χ2v) is 5.60. The molecule has 114 valence electrons. The number of benzene rings is 1. The standard InChI is InChI=1S/C16H17ClN4O/c17-13-4-6-14(7-5-13)19-16(22)21-11-9-20(10-12-21)15-3-1-2-8-18-15/h1-8H,9-12H2,(H,19,22)/p+1. The second kappa shape index (κ2) is 6.66. The van der Waals surface area contributed by atoms with Crippen LogP contribution in [0.5, 0.6) is 0 Å². The van der Waals surface area contributed by atoms with Crippen LogP contribution >= 0.6 is 11.6 Å². The Morgan fingerprint density at radius 1 is 1.05 bits per heavy atom. The molecule has 2 amide bonds. The van der Waals surface area contributed by atoms with Gasteiger partial charge in [-0.05, 0) is 30.3 Å². The number of halogens is 1. The molecule has 1 aromatic carbocycles. The van der Waals surface area contributed by atoms with Crippen LogP contribution in [0.3, 0.4) is 0 Å². The summed E-state index contributed by atoms with van der Waals surface area (Å²) in [7, 11) is 0. The zero-order chi connectivity index (χ0) is 15.4. The average molecular weight is 318 g/mol. The number of carbonyl (C=O) groups is 1. The molecule has 5 nitrogen and oxygen atoms in total. The van der Waals surface area contributed by atoms with Crippen LogP contribution in [0.25, 0.3) is 0 Å². The van der Waals surface area contributed by atoms with Gasteiger partial charge in [0.2, 0.25) is 0 Å². The summed E-state index contributed by atoms with van der Waals surface area (Å²) in [6, 6.07) is 13.1. The SMILES string of the molecule is O=C(Nc1ccc(Cl)cc1)N1CCN(c2cccc[nH+]2)CC1. The number of amides is 2. The fraction of sp³-hybridized carbons (Fsp3) is 0.250. The summed E-state index contributed by atoms with van der Waals surface area (Å²) >= 11 is 5.84. The number of H-pyrrole nitrogens is 1. The molecule has 1 aromatic heterocycles. The molecule has 1 aliphatic rings. The Balaban J connectivity index is 1.54. The zero-order valence-corrected chi connectivity index (χ0v) is 12.9. The number of carbonyl (C=O) groups excluding carboxylic acids is 1. The predicted octanol–water partition coefficient (Wildman–Crippen LogP) is 2.51. The lowest BCUT2D eigenvalue weighted by Gasteiger charge is -2.31. The summed E-state index contributed by atoms with van der Waals surface area (Å²) in [6.07, 6.45) is 1.91. The lowest BCUT2D eigenvalue weighted by atomic mass is 10.3. The summed E-state index contributed by atoms with van der Waals surface area (Å²) in [6.45, 7) is 3.02. The van der Waals surface area contributed by atoms with E-state index in [1.807, 2.05) is 29.3 Å². The molecule has 3 rings (SSSR count). The van der Waals surface area contributed by atoms with Gasteiger partial charge in [0.1, 0.15) is 13.1 Å². The van der Waals surface area contributed by atoms with E-state index in [2.05, 4.69) is 15.2 Å². The fourth-order valence-corrected chi connectivity index (χ4v) is 2.59. The van der Waals surface area contributed by atoms with Gasteiger partial charge in [-0.3, -0.25) is 4.90 Å². The Kier molecular flexibility index (Phi) is 4.44. The molecule has 0 aliphatic carbocycles. The molecule has 1 fully saturated rings. The molecule has 1 saturated heterocycles. The molecule has 0 bridgehead atoms. The minimum absolute atomic E-state index is 0.0704. The summed E-state index contributed by atoms with van der Waals surface area (Å²) in [5.74, 6) is 1.08. The number of aromatic amines is 1. The van der Waals surface area contributed by atoms with E-state index >= 15 is 0 Å². The van der Waals surface area contributed by atoms with Crippen molar-refractivity contribution in [2.45, 2.75) is 0 Å². The van der Waals surface area contributed by atoms with Crippen LogP contribution in [0.1, 0.15) is 0 Å². The molecule has 6 heteroatoms. The molecule has 2 heterocycles. The highest BCUT2D eigenvalue weighted by Crippen LogP contribution is 2.15. The van der Waals surface area contributed by atoms with E-state index in [1.165, 1.54) is 0 Å². The number of nitrogens with zero attached hydrogens (tertiary/aromatic N) is 2. The van der Waals surface area contributed by atoms with Crippen molar-refractivity contribution in [1.29, 1.82) is 0 Å². The summed E-state index contributed by atoms with van der Waals surface area (Å²) < 4.78 is 0. The van der Waals surface area contributed by atoms with Crippen LogP contribution in [0.2, 0.25) is 5.02 Å². The molecular weight excluding hydrogens is 300 g/mol. The van der Waals surface area contributed by atoms with Gasteiger partial charge >= 0.3 is 6.03 Å². The highest BCUT2D eigenvalue weighted by Gasteiger charge is 2.25. The molecular formula is C16H18ClN4O+. The number of hydrogen-bond donors (Lipinski definition) is 1. The Bertz CT molecular complexity index is 624. The van der Waals surface area contributed by atoms with Crippen molar-refractivity contribution in [3.63, 3.8) is 0 Å². The van der Waals surface area contributed by atoms with Crippen LogP contribution in [-0.2, 0) is 0 Å². The zero-order valence-electron chi connectivity index (χ0n) is 12.1. The van der Waals surface area contributed by atoms with Crippen molar-refractivity contribution in [3.05, 3.63) is 53.7 Å². The van der Waals surface area contributed by atoms with E-state index < -0.39 is 0 Å². The maximum atomic E-state index is 12.3. The van der Waals surface area contributed by atoms with Crippen LogP contribution in [0.15, 0.2) is 48.7 Å². The largest absolute Gasteiger partial charge is 0.322 e. The van der Waals surface area contributed by atoms with Crippen molar-refractivity contribution < 1.29 is 9.78 Å². The number of aromatic nitrogens is 1. The quantitative estimate of drug-likeness (QED) is 0.925. The number of rotatable bonds is 2. The lowest BCUT2D eigenvalue weighted by molar-refractivity contribution is -0.364. The Hall–Kier alpha value is -2.27. The molecule has 0 saturated carbocycles. The second-order valence-electron chi connectivity index (χ2n) is 5.16. The first kappa shape index (κ1) is 14.7. The van der Waals surface area contributed by atoms with E-state index in [9.17, 15) is 4.79 Å². The van der Waals surface area contributed by atoms with Gasteiger partial charge in [-0.25, -0.2) is 9.78 Å². The van der Waals surface area contributed by atoms with E-state index in [4.69, 9.17) is 11.6 Å². The number of anilines is 2. The number of hydrogen-bond acceptors (Lipinski definition) is 2. The van der Waals surface area contributed by atoms with Gasteiger partial charge in [-0.15, -0.1) is 0 Å². The Labute approximate surface area is 134 Å². The normalized spacial score (nSPS) is 14.8. The van der Waals surface area contributed by atoms with Gasteiger partial charge in [-0.1, -0.05) is 17.7 Å². The van der Waals surface area contributed by atoms with E-state index in [1.54, 1.807) is 24.3 Å². The highest BCUT2D eigenvalue weighted by molar-refractivity contribution is 6.30. The van der Waals surface area contributed by atoms with Crippen LogP contribution in [-0.4, -0.2) is 37.1 Å². The number of nitrogens with one attached hydrogen (secondary N) is 2. The fourth-order valence-electron chi connectivity index (χ4n) is 2.47. The van der Waals surface area contributed by atoms with Gasteiger partial charge in [0.25, 0.3) is 5.82 Å². The first-order chi connectivity index (χ1) is 10.7. The lowest BCUT2D eigenvalue weighted by Crippen LogP contribution is -2.51. The molecule has 1 aliphatic heterocycles. The van der Waals surface area contributed by atoms with Gasteiger partial charge in [0.05, 0.1) is 19.3 Å². The summed E-state index contributed by atoms with van der Waals surface area (Å²) in [5, 5.41) is 3.55. The third-order valence-corrected chi connectivity index (χ3v) is 3.95. The highest BCUT2D eigenvalue weighted by atomic mass is 35.5. The predicted molar refractivity (Wildman–Crippen MR) is 87.3 cm³/mol. The Morgan fingerprint density at radius 2 is 1.77 bits per heavy atom. The van der Waals surface area contributed by atoms with Crippen molar-refractivity contribution in [2.75, 3.05) is 36.4 Å². The van der Waals surface area contributed by atoms with Gasteiger partial charge in [0.15, 0.2) is 0 Å². The minimum atomic E-state index is -0.0704. The smallest absolute Gasteiger partial charge is 0.317 e. The van der Waals surface area contributed by atoms with Crippen molar-refractivity contribution >= 4 is 29.1 Å². The van der Waals surface area contributed by atoms with Gasteiger partial charge < -0.3 is 10.2 Å². The number of urea groups is 1. The van der Waals surface area contributed by atoms with E-state index in [0.29, 0.717) is 18.1 Å². The number of piperazine rings is 1. The van der Waals surface area contributed by atoms with Gasteiger partial charge in [0, 0.05) is 16.8 Å². The third kappa shape index (κ3) is 3.49. The average Bonchev–Trinajstić information content (AvgIpc) is 2.58. The van der Waals surface area contributed by atoms with Crippen LogP contribution in [0.4, 0.5) is 16.3 Å². The monoisotopic (exact) mass is 317 g/mol. The minimum Gasteiger partial charge on any atom is -0.317 e. The maximum Gasteiger partial charge on any atom is 0.322 e. The van der Waals surface area contributed by atoms with Gasteiger partial charge in [-0.2, -0.15) is 0 Å². The van der Waals surface area contributed by atoms with E-state index in [0.717, 1.165) is 24.6 Å². The van der Waals surface area contributed by atoms with Crippen molar-refractivity contribution in [1.82, 2.24) is 4.90 Å². The van der Waals surface area contributed by atoms with Crippen LogP contribution in [0, 0.1) is 0 Å². The number of pyridine rings is 1. The van der Waals surface area contributed by atoms with Crippen molar-refractivity contribution in [2.24, 2.45) is 0 Å². The first-order valence-corrected chi connectivity index (χ1v) is 7.63. The molecule has 2 N–H and O–H groups in total.